The van der Waals surface area contributed by atoms with E-state index < -0.39 is 14.2 Å². The zero-order valence-corrected chi connectivity index (χ0v) is 15.8. The summed E-state index contributed by atoms with van der Waals surface area (Å²) in [5.74, 6) is 0. The summed E-state index contributed by atoms with van der Waals surface area (Å²) in [5, 5.41) is 0.318. The van der Waals surface area contributed by atoms with Crippen LogP contribution in [0.15, 0.2) is 91.0 Å². The Morgan fingerprint density at radius 2 is 0.920 bits per heavy atom. The van der Waals surface area contributed by atoms with Crippen LogP contribution >= 0.6 is 0 Å². The van der Waals surface area contributed by atoms with Crippen molar-refractivity contribution in [3.63, 3.8) is 0 Å². The first-order valence-electron chi connectivity index (χ1n) is 8.23. The van der Waals surface area contributed by atoms with Crippen molar-refractivity contribution in [1.29, 1.82) is 0 Å². The second kappa shape index (κ2) is 8.87. The topological polar surface area (TPSA) is 35.5 Å². The van der Waals surface area contributed by atoms with Crippen LogP contribution in [0.5, 0.6) is 0 Å². The maximum atomic E-state index is 13.3. The molecule has 0 heterocycles. The first kappa shape index (κ1) is 17.8. The molecule has 0 bridgehead atoms. The summed E-state index contributed by atoms with van der Waals surface area (Å²) < 4.78 is 25.0. The van der Waals surface area contributed by atoms with Crippen molar-refractivity contribution in [2.75, 3.05) is 0 Å². The molecule has 0 saturated heterocycles. The molecule has 0 aliphatic heterocycles. The van der Waals surface area contributed by atoms with Crippen molar-refractivity contribution in [3.8, 4) is 0 Å². The fourth-order valence-electron chi connectivity index (χ4n) is 2.43. The molecule has 0 N–H and O–H groups in total. The first-order valence-corrected chi connectivity index (χ1v) is 11.9. The number of hydrogen-bond acceptors (Lipinski definition) is 3. The zero-order chi connectivity index (χ0) is 17.4. The molecule has 3 rings (SSSR count). The van der Waals surface area contributed by atoms with E-state index in [1.807, 2.05) is 91.0 Å². The van der Waals surface area contributed by atoms with Gasteiger partial charge in [0.05, 0.1) is 0 Å². The zero-order valence-electron chi connectivity index (χ0n) is 14.0. The van der Waals surface area contributed by atoms with Crippen molar-refractivity contribution in [2.45, 2.75) is 18.4 Å². The molecule has 3 nitrogen and oxygen atoms in total. The summed E-state index contributed by atoms with van der Waals surface area (Å²) in [6.07, 6.45) is 0. The maximum absolute atomic E-state index is 13.3. The molecule has 0 unspecified atom stereocenters. The molecule has 0 amide bonds. The third-order valence-corrected chi connectivity index (χ3v) is 7.53. The van der Waals surface area contributed by atoms with E-state index in [-0.39, 0.29) is 0 Å². The van der Waals surface area contributed by atoms with E-state index in [4.69, 9.17) is 7.45 Å². The average molecular weight is 396 g/mol. The van der Waals surface area contributed by atoms with Crippen LogP contribution in [0.4, 0.5) is 0 Å². The van der Waals surface area contributed by atoms with Crippen molar-refractivity contribution >= 4 is 14.2 Å². The Hall–Kier alpha value is -2.06. The summed E-state index contributed by atoms with van der Waals surface area (Å²) in [4.78, 5) is 0. The van der Waals surface area contributed by atoms with Gasteiger partial charge in [0.1, 0.15) is 0 Å². The van der Waals surface area contributed by atoms with Gasteiger partial charge in [-0.15, -0.1) is 0 Å². The SMILES string of the molecule is O=[As](Cc1ccccc1)(OCc1ccccc1)OCc1ccccc1. The van der Waals surface area contributed by atoms with Crippen LogP contribution < -0.4 is 0 Å². The van der Waals surface area contributed by atoms with Crippen LogP contribution in [0.3, 0.4) is 0 Å². The Morgan fingerprint density at radius 1 is 0.560 bits per heavy atom. The number of benzene rings is 3. The molecule has 0 aliphatic carbocycles. The van der Waals surface area contributed by atoms with Gasteiger partial charge in [-0.3, -0.25) is 0 Å². The van der Waals surface area contributed by atoms with Crippen molar-refractivity contribution in [1.82, 2.24) is 0 Å². The van der Waals surface area contributed by atoms with Gasteiger partial charge in [0.25, 0.3) is 0 Å². The molecular formula is C21H21AsO3. The monoisotopic (exact) mass is 396 g/mol. The van der Waals surface area contributed by atoms with Crippen LogP contribution in [0.1, 0.15) is 16.7 Å². The Kier molecular flexibility index (Phi) is 6.29. The van der Waals surface area contributed by atoms with Gasteiger partial charge in [-0.2, -0.15) is 0 Å². The van der Waals surface area contributed by atoms with Gasteiger partial charge < -0.3 is 0 Å². The standard InChI is InChI=1S/C21H21AsO3/c23-22(16-19-10-4-1-5-11-19,24-17-20-12-6-2-7-13-20)25-18-21-14-8-3-9-15-21/h1-15H,16-18H2. The van der Waals surface area contributed by atoms with E-state index in [0.717, 1.165) is 16.7 Å². The quantitative estimate of drug-likeness (QED) is 0.524. The molecular weight excluding hydrogens is 375 g/mol. The molecule has 0 aliphatic rings. The van der Waals surface area contributed by atoms with Crippen LogP contribution in [0.25, 0.3) is 0 Å². The molecule has 25 heavy (non-hydrogen) atoms. The van der Waals surface area contributed by atoms with E-state index in [1.165, 1.54) is 0 Å². The Labute approximate surface area is 151 Å². The van der Waals surface area contributed by atoms with E-state index in [2.05, 4.69) is 0 Å². The minimum absolute atomic E-state index is 0.291. The van der Waals surface area contributed by atoms with Crippen LogP contribution in [-0.4, -0.2) is 14.2 Å². The molecule has 0 atom stereocenters. The van der Waals surface area contributed by atoms with Crippen molar-refractivity contribution in [2.24, 2.45) is 0 Å². The van der Waals surface area contributed by atoms with Gasteiger partial charge in [0.2, 0.25) is 0 Å². The predicted molar refractivity (Wildman–Crippen MR) is 99.0 cm³/mol. The third-order valence-electron chi connectivity index (χ3n) is 3.76. The first-order chi connectivity index (χ1) is 12.2. The Balaban J connectivity index is 1.71. The Morgan fingerprint density at radius 3 is 1.32 bits per heavy atom. The fourth-order valence-corrected chi connectivity index (χ4v) is 5.80. The summed E-state index contributed by atoms with van der Waals surface area (Å²) >= 11 is -4.00. The van der Waals surface area contributed by atoms with Crippen LogP contribution in [0, 0.1) is 0 Å². The van der Waals surface area contributed by atoms with Crippen LogP contribution in [0.2, 0.25) is 0 Å². The van der Waals surface area contributed by atoms with Gasteiger partial charge in [-0.25, -0.2) is 0 Å². The fraction of sp³-hybridized carbons (Fsp3) is 0.143. The molecule has 3 aromatic rings. The molecule has 0 saturated carbocycles. The second-order valence-electron chi connectivity index (χ2n) is 5.77. The third kappa shape index (κ3) is 5.75. The average Bonchev–Trinajstić information content (AvgIpc) is 2.68. The predicted octanol–water partition coefficient (Wildman–Crippen LogP) is 4.57. The molecule has 0 fully saturated rings. The molecule has 4 heteroatoms. The van der Waals surface area contributed by atoms with E-state index in [9.17, 15) is 3.74 Å². The number of hydrogen-bond donors (Lipinski definition) is 0. The van der Waals surface area contributed by atoms with Gasteiger partial charge >= 0.3 is 151 Å². The summed E-state index contributed by atoms with van der Waals surface area (Å²) in [5.41, 5.74) is 2.94. The second-order valence-corrected chi connectivity index (χ2v) is 10.1. The van der Waals surface area contributed by atoms with Gasteiger partial charge in [-0.05, 0) is 0 Å². The molecule has 0 radical (unpaired) electrons. The van der Waals surface area contributed by atoms with Gasteiger partial charge in [0, 0.05) is 0 Å². The summed E-state index contributed by atoms with van der Waals surface area (Å²) in [7, 11) is 0. The molecule has 128 valence electrons. The van der Waals surface area contributed by atoms with Crippen molar-refractivity contribution < 1.29 is 11.2 Å². The van der Waals surface area contributed by atoms with E-state index >= 15 is 0 Å². The van der Waals surface area contributed by atoms with Gasteiger partial charge in [0.15, 0.2) is 0 Å². The molecule has 3 aromatic carbocycles. The van der Waals surface area contributed by atoms with Gasteiger partial charge in [-0.1, -0.05) is 0 Å². The van der Waals surface area contributed by atoms with E-state index in [1.54, 1.807) is 0 Å². The summed E-state index contributed by atoms with van der Waals surface area (Å²) in [6.45, 7) is 0.581. The summed E-state index contributed by atoms with van der Waals surface area (Å²) in [6, 6.07) is 29.2. The Bertz CT molecular complexity index is 757. The number of rotatable bonds is 8. The van der Waals surface area contributed by atoms with Crippen LogP contribution in [-0.2, 0) is 29.6 Å². The minimum atomic E-state index is -4.00. The van der Waals surface area contributed by atoms with E-state index in [0.29, 0.717) is 18.4 Å². The normalized spacial score (nSPS) is 11.4. The van der Waals surface area contributed by atoms with Crippen molar-refractivity contribution in [3.05, 3.63) is 108 Å². The molecule has 0 aromatic heterocycles. The molecule has 0 spiro atoms.